The van der Waals surface area contributed by atoms with Gasteiger partial charge in [0.05, 0.1) is 11.6 Å². The molecule has 2 N–H and O–H groups in total. The molecule has 1 saturated heterocycles. The number of hydrogen-bond acceptors (Lipinski definition) is 5. The van der Waals surface area contributed by atoms with Crippen LogP contribution < -0.4 is 15.8 Å². The Kier molecular flexibility index (Phi) is 5.93. The molecule has 2 aromatic heterocycles. The summed E-state index contributed by atoms with van der Waals surface area (Å²) in [6, 6.07) is 10.3. The maximum Gasteiger partial charge on any atom is 0.337 e. The maximum atomic E-state index is 13.0. The van der Waals surface area contributed by atoms with Gasteiger partial charge in [0.1, 0.15) is 11.5 Å². The Morgan fingerprint density at radius 3 is 2.65 bits per heavy atom. The van der Waals surface area contributed by atoms with E-state index >= 15 is 0 Å². The lowest BCUT2D eigenvalue weighted by Gasteiger charge is -2.28. The smallest absolute Gasteiger partial charge is 0.337 e. The second kappa shape index (κ2) is 8.79. The SMILES string of the molecule is CCC(Nc1ccccc1C(=O)O)c1cc(C)cn2c(=O)cc(N3CCCCC3)nc12. The van der Waals surface area contributed by atoms with Crippen LogP contribution >= 0.6 is 0 Å². The molecule has 0 radical (unpaired) electrons. The van der Waals surface area contributed by atoms with E-state index in [9.17, 15) is 14.7 Å². The van der Waals surface area contributed by atoms with Gasteiger partial charge in [-0.15, -0.1) is 0 Å². The largest absolute Gasteiger partial charge is 0.478 e. The average Bonchev–Trinajstić information content (AvgIpc) is 2.78. The number of carboxylic acid groups (broad SMARTS) is 1. The molecule has 7 heteroatoms. The van der Waals surface area contributed by atoms with Crippen LogP contribution in [0, 0.1) is 6.92 Å². The van der Waals surface area contributed by atoms with Crippen molar-refractivity contribution in [1.29, 1.82) is 0 Å². The third-order valence-corrected chi connectivity index (χ3v) is 5.86. The Morgan fingerprint density at radius 2 is 1.94 bits per heavy atom. The van der Waals surface area contributed by atoms with Gasteiger partial charge in [-0.1, -0.05) is 19.1 Å². The summed E-state index contributed by atoms with van der Waals surface area (Å²) in [6.45, 7) is 5.80. The molecule has 0 saturated carbocycles. The van der Waals surface area contributed by atoms with Crippen molar-refractivity contribution in [2.45, 2.75) is 45.6 Å². The van der Waals surface area contributed by atoms with Crippen molar-refractivity contribution in [1.82, 2.24) is 9.38 Å². The van der Waals surface area contributed by atoms with Gasteiger partial charge in [0.15, 0.2) is 0 Å². The van der Waals surface area contributed by atoms with Gasteiger partial charge < -0.3 is 15.3 Å². The molecule has 1 atom stereocenters. The molecule has 1 unspecified atom stereocenters. The number of aromatic nitrogens is 2. The Bertz CT molecular complexity index is 1170. The molecule has 31 heavy (non-hydrogen) atoms. The van der Waals surface area contributed by atoms with Crippen molar-refractivity contribution >= 4 is 23.1 Å². The number of para-hydroxylation sites is 1. The van der Waals surface area contributed by atoms with E-state index in [0.717, 1.165) is 42.9 Å². The summed E-state index contributed by atoms with van der Waals surface area (Å²) in [5, 5.41) is 12.9. The predicted octanol–water partition coefficient (Wildman–Crippen LogP) is 4.25. The summed E-state index contributed by atoms with van der Waals surface area (Å²) < 4.78 is 1.60. The first-order valence-electron chi connectivity index (χ1n) is 10.9. The van der Waals surface area contributed by atoms with E-state index in [4.69, 9.17) is 4.98 Å². The number of rotatable bonds is 6. The lowest BCUT2D eigenvalue weighted by molar-refractivity contribution is 0.0698. The number of anilines is 2. The summed E-state index contributed by atoms with van der Waals surface area (Å²) in [6.07, 6.45) is 5.93. The summed E-state index contributed by atoms with van der Waals surface area (Å²) >= 11 is 0. The minimum absolute atomic E-state index is 0.101. The molecule has 7 nitrogen and oxygen atoms in total. The van der Waals surface area contributed by atoms with Gasteiger partial charge in [-0.25, -0.2) is 9.78 Å². The Balaban J connectivity index is 1.82. The minimum Gasteiger partial charge on any atom is -0.478 e. The minimum atomic E-state index is -0.978. The van der Waals surface area contributed by atoms with E-state index < -0.39 is 5.97 Å². The lowest BCUT2D eigenvalue weighted by atomic mass is 10.0. The number of piperidine rings is 1. The number of benzene rings is 1. The third kappa shape index (κ3) is 4.26. The van der Waals surface area contributed by atoms with E-state index in [1.54, 1.807) is 28.7 Å². The van der Waals surface area contributed by atoms with Crippen LogP contribution in [0.1, 0.15) is 60.1 Å². The molecule has 3 aromatic rings. The number of fused-ring (bicyclic) bond motifs is 1. The summed E-state index contributed by atoms with van der Waals surface area (Å²) in [5.41, 5.74) is 3.12. The van der Waals surface area contributed by atoms with Crippen molar-refractivity contribution in [3.05, 3.63) is 69.6 Å². The zero-order valence-electron chi connectivity index (χ0n) is 18.0. The molecule has 0 spiro atoms. The Morgan fingerprint density at radius 1 is 1.19 bits per heavy atom. The highest BCUT2D eigenvalue weighted by Gasteiger charge is 2.20. The fourth-order valence-electron chi connectivity index (χ4n) is 4.28. The fourth-order valence-corrected chi connectivity index (χ4v) is 4.28. The number of aryl methyl sites for hydroxylation is 1. The fraction of sp³-hybridized carbons (Fsp3) is 0.375. The van der Waals surface area contributed by atoms with Gasteiger partial charge in [-0.05, 0) is 56.4 Å². The standard InChI is InChI=1S/C24H28N4O3/c1-3-19(25-20-10-6-5-9-17(20)24(30)31)18-13-16(2)15-28-22(29)14-21(26-23(18)28)27-11-7-4-8-12-27/h5-6,9-10,13-15,19,25H,3-4,7-8,11-12H2,1-2H3,(H,30,31). The number of aromatic carboxylic acids is 1. The van der Waals surface area contributed by atoms with Gasteiger partial charge in [0.25, 0.3) is 5.56 Å². The number of carbonyl (C=O) groups is 1. The third-order valence-electron chi connectivity index (χ3n) is 5.86. The Labute approximate surface area is 181 Å². The van der Waals surface area contributed by atoms with E-state index in [0.29, 0.717) is 17.8 Å². The molecular formula is C24H28N4O3. The van der Waals surface area contributed by atoms with E-state index in [1.807, 2.05) is 32.2 Å². The van der Waals surface area contributed by atoms with Crippen LogP contribution in [0.25, 0.3) is 5.65 Å². The Hall–Kier alpha value is -3.35. The number of nitrogens with one attached hydrogen (secondary N) is 1. The van der Waals surface area contributed by atoms with Crippen LogP contribution in [0.4, 0.5) is 11.5 Å². The van der Waals surface area contributed by atoms with Crippen LogP contribution in [0.5, 0.6) is 0 Å². The molecule has 0 amide bonds. The zero-order chi connectivity index (χ0) is 22.0. The average molecular weight is 421 g/mol. The molecule has 0 bridgehead atoms. The van der Waals surface area contributed by atoms with Crippen molar-refractivity contribution in [3.63, 3.8) is 0 Å². The maximum absolute atomic E-state index is 13.0. The topological polar surface area (TPSA) is 86.9 Å². The summed E-state index contributed by atoms with van der Waals surface area (Å²) in [5.74, 6) is -0.260. The molecule has 162 valence electrons. The highest BCUT2D eigenvalue weighted by molar-refractivity contribution is 5.94. The van der Waals surface area contributed by atoms with Crippen molar-refractivity contribution in [3.8, 4) is 0 Å². The second-order valence-corrected chi connectivity index (χ2v) is 8.12. The summed E-state index contributed by atoms with van der Waals surface area (Å²) in [4.78, 5) is 31.7. The molecule has 4 rings (SSSR count). The molecule has 1 aliphatic heterocycles. The predicted molar refractivity (Wildman–Crippen MR) is 122 cm³/mol. The number of nitrogens with zero attached hydrogens (tertiary/aromatic N) is 3. The van der Waals surface area contributed by atoms with Gasteiger partial charge in [-0.3, -0.25) is 9.20 Å². The van der Waals surface area contributed by atoms with Crippen LogP contribution in [0.15, 0.2) is 47.4 Å². The van der Waals surface area contributed by atoms with Gasteiger partial charge >= 0.3 is 5.97 Å². The number of carboxylic acids is 1. The molecular weight excluding hydrogens is 392 g/mol. The van der Waals surface area contributed by atoms with Gasteiger partial charge in [-0.2, -0.15) is 0 Å². The van der Waals surface area contributed by atoms with Crippen LogP contribution in [0.2, 0.25) is 0 Å². The van der Waals surface area contributed by atoms with Crippen LogP contribution in [0.3, 0.4) is 0 Å². The van der Waals surface area contributed by atoms with Crippen molar-refractivity contribution in [2.75, 3.05) is 23.3 Å². The monoisotopic (exact) mass is 420 g/mol. The number of pyridine rings is 1. The molecule has 1 aromatic carbocycles. The first-order chi connectivity index (χ1) is 15.0. The first-order valence-corrected chi connectivity index (χ1v) is 10.9. The van der Waals surface area contributed by atoms with Crippen LogP contribution in [-0.2, 0) is 0 Å². The highest BCUT2D eigenvalue weighted by Crippen LogP contribution is 2.29. The number of hydrogen-bond donors (Lipinski definition) is 2. The lowest BCUT2D eigenvalue weighted by Crippen LogP contribution is -2.32. The second-order valence-electron chi connectivity index (χ2n) is 8.12. The van der Waals surface area contributed by atoms with Crippen molar-refractivity contribution < 1.29 is 9.90 Å². The highest BCUT2D eigenvalue weighted by atomic mass is 16.4. The first kappa shape index (κ1) is 20.9. The molecule has 1 aliphatic rings. The zero-order valence-corrected chi connectivity index (χ0v) is 18.0. The molecule has 3 heterocycles. The molecule has 0 aliphatic carbocycles. The quantitative estimate of drug-likeness (QED) is 0.620. The summed E-state index contributed by atoms with van der Waals surface area (Å²) in [7, 11) is 0. The molecule has 1 fully saturated rings. The van der Waals surface area contributed by atoms with E-state index in [-0.39, 0.29) is 17.2 Å². The van der Waals surface area contributed by atoms with Gasteiger partial charge in [0.2, 0.25) is 0 Å². The van der Waals surface area contributed by atoms with E-state index in [2.05, 4.69) is 10.2 Å². The normalized spacial score (nSPS) is 15.1. The van der Waals surface area contributed by atoms with Crippen LogP contribution in [-0.4, -0.2) is 33.6 Å². The van der Waals surface area contributed by atoms with Gasteiger partial charge in [0, 0.05) is 36.6 Å². The van der Waals surface area contributed by atoms with E-state index in [1.165, 1.54) is 6.42 Å². The van der Waals surface area contributed by atoms with Crippen molar-refractivity contribution in [2.24, 2.45) is 0 Å².